The van der Waals surface area contributed by atoms with Crippen molar-refractivity contribution in [1.82, 2.24) is 10.7 Å². The van der Waals surface area contributed by atoms with Gasteiger partial charge in [-0.05, 0) is 62.3 Å². The predicted octanol–water partition coefficient (Wildman–Crippen LogP) is 3.87. The van der Waals surface area contributed by atoms with Gasteiger partial charge in [0.1, 0.15) is 0 Å². The van der Waals surface area contributed by atoms with Crippen LogP contribution in [0.3, 0.4) is 0 Å². The molecule has 2 aromatic carbocycles. The topological polar surface area (TPSA) is 54.9 Å². The van der Waals surface area contributed by atoms with Gasteiger partial charge in [0, 0.05) is 6.54 Å². The number of nitrogens with zero attached hydrogens (tertiary/aromatic N) is 1. The van der Waals surface area contributed by atoms with Crippen molar-refractivity contribution in [2.45, 2.75) is 33.4 Å². The molecule has 0 bridgehead atoms. The van der Waals surface area contributed by atoms with Crippen LogP contribution in [0.5, 0.6) is 11.5 Å². The first-order chi connectivity index (χ1) is 12.6. The predicted molar refractivity (Wildman–Crippen MR) is 110 cm³/mol. The highest BCUT2D eigenvalue weighted by Gasteiger charge is 2.07. The van der Waals surface area contributed by atoms with Crippen LogP contribution in [0, 0.1) is 0 Å². The number of ether oxygens (including phenoxy) is 2. The van der Waals surface area contributed by atoms with Crippen LogP contribution < -0.4 is 20.2 Å². The molecule has 0 atom stereocenters. The van der Waals surface area contributed by atoms with Crippen LogP contribution >= 0.6 is 12.2 Å². The summed E-state index contributed by atoms with van der Waals surface area (Å²) in [6.45, 7) is 7.13. The Labute approximate surface area is 160 Å². The van der Waals surface area contributed by atoms with Crippen LogP contribution in [0.15, 0.2) is 53.6 Å². The summed E-state index contributed by atoms with van der Waals surface area (Å²) in [4.78, 5) is 0. The molecule has 26 heavy (non-hydrogen) atoms. The fraction of sp³-hybridized carbons (Fsp3) is 0.300. The summed E-state index contributed by atoms with van der Waals surface area (Å²) in [6, 6.07) is 15.8. The van der Waals surface area contributed by atoms with E-state index < -0.39 is 0 Å². The minimum absolute atomic E-state index is 0.0865. The van der Waals surface area contributed by atoms with E-state index in [1.807, 2.05) is 69.3 Å². The molecule has 0 saturated heterocycles. The largest absolute Gasteiger partial charge is 0.490 e. The molecule has 5 nitrogen and oxygen atoms in total. The smallest absolute Gasteiger partial charge is 0.187 e. The molecule has 0 amide bonds. The third-order valence-corrected chi connectivity index (χ3v) is 3.54. The molecule has 0 heterocycles. The van der Waals surface area contributed by atoms with Crippen molar-refractivity contribution in [2.24, 2.45) is 5.10 Å². The molecule has 2 N–H and O–H groups in total. The van der Waals surface area contributed by atoms with Gasteiger partial charge in [-0.2, -0.15) is 5.10 Å². The minimum atomic E-state index is 0.0865. The van der Waals surface area contributed by atoms with Gasteiger partial charge < -0.3 is 14.8 Å². The van der Waals surface area contributed by atoms with Crippen molar-refractivity contribution < 1.29 is 9.47 Å². The van der Waals surface area contributed by atoms with Crippen molar-refractivity contribution in [1.29, 1.82) is 0 Å². The molecule has 0 unspecified atom stereocenters. The molecule has 0 aliphatic carbocycles. The number of thiocarbonyl (C=S) groups is 1. The Bertz CT molecular complexity index is 733. The number of nitrogens with one attached hydrogen (secondary N) is 2. The average molecular weight is 372 g/mol. The Morgan fingerprint density at radius 1 is 1.15 bits per heavy atom. The van der Waals surface area contributed by atoms with E-state index in [9.17, 15) is 0 Å². The van der Waals surface area contributed by atoms with Gasteiger partial charge in [-0.3, -0.25) is 5.43 Å². The van der Waals surface area contributed by atoms with E-state index in [0.717, 1.165) is 16.9 Å². The van der Waals surface area contributed by atoms with E-state index >= 15 is 0 Å². The first-order valence-corrected chi connectivity index (χ1v) is 9.03. The van der Waals surface area contributed by atoms with Crippen LogP contribution in [0.1, 0.15) is 31.9 Å². The standard InChI is InChI=1S/C20H25N3O2S/c1-4-24-19-12-17(10-11-18(19)25-15(2)3)14-22-23-20(26)21-13-16-8-6-5-7-9-16/h5-12,14-15H,4,13H2,1-3H3,(H2,21,23,26)/b22-14+. The van der Waals surface area contributed by atoms with Crippen molar-refractivity contribution in [3.05, 3.63) is 59.7 Å². The Morgan fingerprint density at radius 2 is 1.92 bits per heavy atom. The molecular weight excluding hydrogens is 346 g/mol. The lowest BCUT2D eigenvalue weighted by molar-refractivity contribution is 0.224. The number of hydrazone groups is 1. The summed E-state index contributed by atoms with van der Waals surface area (Å²) in [5.41, 5.74) is 4.86. The zero-order chi connectivity index (χ0) is 18.8. The highest BCUT2D eigenvalue weighted by Crippen LogP contribution is 2.28. The van der Waals surface area contributed by atoms with Crippen LogP contribution in [0.25, 0.3) is 0 Å². The lowest BCUT2D eigenvalue weighted by Crippen LogP contribution is -2.31. The van der Waals surface area contributed by atoms with E-state index in [1.54, 1.807) is 6.21 Å². The van der Waals surface area contributed by atoms with Crippen molar-refractivity contribution >= 4 is 23.5 Å². The second kappa shape index (κ2) is 10.4. The average Bonchev–Trinajstić information content (AvgIpc) is 2.63. The number of hydrogen-bond donors (Lipinski definition) is 2. The Balaban J connectivity index is 1.90. The first-order valence-electron chi connectivity index (χ1n) is 8.62. The summed E-state index contributed by atoms with van der Waals surface area (Å²) >= 11 is 5.22. The van der Waals surface area contributed by atoms with Crippen LogP contribution in [0.2, 0.25) is 0 Å². The molecule has 0 spiro atoms. The van der Waals surface area contributed by atoms with E-state index in [0.29, 0.717) is 24.0 Å². The first kappa shape index (κ1) is 19.7. The molecule has 0 radical (unpaired) electrons. The maximum absolute atomic E-state index is 5.75. The van der Waals surface area contributed by atoms with Crippen molar-refractivity contribution in [3.8, 4) is 11.5 Å². The molecule has 0 saturated carbocycles. The van der Waals surface area contributed by atoms with Crippen LogP contribution in [-0.2, 0) is 6.54 Å². The zero-order valence-electron chi connectivity index (χ0n) is 15.4. The van der Waals surface area contributed by atoms with Gasteiger partial charge in [0.05, 0.1) is 18.9 Å². The summed E-state index contributed by atoms with van der Waals surface area (Å²) in [7, 11) is 0. The maximum Gasteiger partial charge on any atom is 0.187 e. The van der Waals surface area contributed by atoms with Crippen molar-refractivity contribution in [3.63, 3.8) is 0 Å². The molecule has 6 heteroatoms. The number of benzene rings is 2. The highest BCUT2D eigenvalue weighted by molar-refractivity contribution is 7.80. The second-order valence-electron chi connectivity index (χ2n) is 5.84. The van der Waals surface area contributed by atoms with Gasteiger partial charge in [-0.15, -0.1) is 0 Å². The van der Waals surface area contributed by atoms with Crippen LogP contribution in [-0.4, -0.2) is 24.0 Å². The molecule has 2 aromatic rings. The number of rotatable bonds is 8. The molecule has 0 aliphatic rings. The van der Waals surface area contributed by atoms with Crippen molar-refractivity contribution in [2.75, 3.05) is 6.61 Å². The lowest BCUT2D eigenvalue weighted by Gasteiger charge is -2.14. The highest BCUT2D eigenvalue weighted by atomic mass is 32.1. The summed E-state index contributed by atoms with van der Waals surface area (Å²) in [5, 5.41) is 7.75. The maximum atomic E-state index is 5.75. The Hall–Kier alpha value is -2.60. The van der Waals surface area contributed by atoms with Gasteiger partial charge in [0.15, 0.2) is 16.6 Å². The monoisotopic (exact) mass is 371 g/mol. The van der Waals surface area contributed by atoms with Gasteiger partial charge >= 0.3 is 0 Å². The zero-order valence-corrected chi connectivity index (χ0v) is 16.2. The van der Waals surface area contributed by atoms with E-state index in [2.05, 4.69) is 15.8 Å². The molecular formula is C20H25N3O2S. The minimum Gasteiger partial charge on any atom is -0.490 e. The molecule has 0 aliphatic heterocycles. The van der Waals surface area contributed by atoms with Gasteiger partial charge in [-0.1, -0.05) is 30.3 Å². The van der Waals surface area contributed by atoms with E-state index in [4.69, 9.17) is 21.7 Å². The summed E-state index contributed by atoms with van der Waals surface area (Å²) in [5.74, 6) is 1.43. The normalized spacial score (nSPS) is 10.8. The second-order valence-corrected chi connectivity index (χ2v) is 6.25. The Morgan fingerprint density at radius 3 is 2.62 bits per heavy atom. The third kappa shape index (κ3) is 6.72. The Kier molecular flexibility index (Phi) is 7.89. The molecule has 138 valence electrons. The molecule has 2 rings (SSSR count). The summed E-state index contributed by atoms with van der Waals surface area (Å²) in [6.07, 6.45) is 1.78. The lowest BCUT2D eigenvalue weighted by atomic mass is 10.2. The van der Waals surface area contributed by atoms with E-state index in [1.165, 1.54) is 0 Å². The molecule has 0 aromatic heterocycles. The fourth-order valence-corrected chi connectivity index (χ4v) is 2.33. The SMILES string of the molecule is CCOc1cc(/C=N/NC(=S)NCc2ccccc2)ccc1OC(C)C. The molecule has 0 fully saturated rings. The van der Waals surface area contributed by atoms with E-state index in [-0.39, 0.29) is 6.10 Å². The number of hydrogen-bond acceptors (Lipinski definition) is 4. The third-order valence-electron chi connectivity index (χ3n) is 3.31. The van der Waals surface area contributed by atoms with Crippen LogP contribution in [0.4, 0.5) is 0 Å². The fourth-order valence-electron chi connectivity index (χ4n) is 2.21. The van der Waals surface area contributed by atoms with Gasteiger partial charge in [0.2, 0.25) is 0 Å². The van der Waals surface area contributed by atoms with Gasteiger partial charge in [0.25, 0.3) is 0 Å². The van der Waals surface area contributed by atoms with Gasteiger partial charge in [-0.25, -0.2) is 0 Å². The quantitative estimate of drug-likeness (QED) is 0.419. The summed E-state index contributed by atoms with van der Waals surface area (Å²) < 4.78 is 11.4.